The summed E-state index contributed by atoms with van der Waals surface area (Å²) in [5.74, 6) is 0.166. The standard InChI is InChI=1S/C21H24OSe/c22-18-20(14-9-13-19-10-3-1-4-11-19)12-7-8-17-23-21-15-5-2-6-16-21/h1-6,9-11,13,15-16,18,20H,7-8,12,14,17H2/b13-9+. The summed E-state index contributed by atoms with van der Waals surface area (Å²) in [5, 5.41) is 1.27. The molecule has 0 saturated carbocycles. The zero-order valence-electron chi connectivity index (χ0n) is 13.4. The van der Waals surface area contributed by atoms with Gasteiger partial charge in [0.25, 0.3) is 0 Å². The Bertz CT molecular complexity index is 577. The van der Waals surface area contributed by atoms with Crippen molar-refractivity contribution >= 4 is 31.8 Å². The summed E-state index contributed by atoms with van der Waals surface area (Å²) in [6.45, 7) is 0. The van der Waals surface area contributed by atoms with E-state index in [9.17, 15) is 4.79 Å². The van der Waals surface area contributed by atoms with E-state index in [0.717, 1.165) is 25.5 Å². The molecule has 0 heterocycles. The van der Waals surface area contributed by atoms with Gasteiger partial charge in [0.1, 0.15) is 0 Å². The van der Waals surface area contributed by atoms with Gasteiger partial charge in [-0.3, -0.25) is 0 Å². The molecule has 0 fully saturated rings. The van der Waals surface area contributed by atoms with Crippen LogP contribution >= 0.6 is 0 Å². The van der Waals surface area contributed by atoms with E-state index in [1.54, 1.807) is 0 Å². The fraction of sp³-hybridized carbons (Fsp3) is 0.286. The predicted octanol–water partition coefficient (Wildman–Crippen LogP) is 4.52. The Hall–Kier alpha value is -1.63. The van der Waals surface area contributed by atoms with Gasteiger partial charge in [-0.05, 0) is 0 Å². The average molecular weight is 371 g/mol. The van der Waals surface area contributed by atoms with Gasteiger partial charge in [0.2, 0.25) is 0 Å². The van der Waals surface area contributed by atoms with Crippen LogP contribution < -0.4 is 4.46 Å². The zero-order chi connectivity index (χ0) is 16.2. The van der Waals surface area contributed by atoms with Gasteiger partial charge in [-0.2, -0.15) is 0 Å². The Morgan fingerprint density at radius 1 is 0.913 bits per heavy atom. The van der Waals surface area contributed by atoms with E-state index in [-0.39, 0.29) is 5.92 Å². The van der Waals surface area contributed by atoms with Gasteiger partial charge in [-0.25, -0.2) is 0 Å². The number of hydrogen-bond acceptors (Lipinski definition) is 1. The second-order valence-corrected chi connectivity index (χ2v) is 8.05. The molecule has 0 aromatic heterocycles. The number of rotatable bonds is 10. The Morgan fingerprint density at radius 3 is 2.30 bits per heavy atom. The molecule has 0 aliphatic carbocycles. The first kappa shape index (κ1) is 17.7. The van der Waals surface area contributed by atoms with Crippen LogP contribution in [-0.4, -0.2) is 21.2 Å². The van der Waals surface area contributed by atoms with E-state index in [1.807, 2.05) is 18.2 Å². The summed E-state index contributed by atoms with van der Waals surface area (Å²) in [6, 6.07) is 21.0. The van der Waals surface area contributed by atoms with Crippen LogP contribution in [0.2, 0.25) is 5.32 Å². The van der Waals surface area contributed by atoms with Crippen LogP contribution in [0.5, 0.6) is 0 Å². The molecule has 0 amide bonds. The van der Waals surface area contributed by atoms with Crippen LogP contribution in [0.3, 0.4) is 0 Å². The van der Waals surface area contributed by atoms with E-state index in [0.29, 0.717) is 15.0 Å². The molecular weight excluding hydrogens is 347 g/mol. The molecule has 0 radical (unpaired) electrons. The minimum absolute atomic E-state index is 0.166. The van der Waals surface area contributed by atoms with Crippen LogP contribution in [0.4, 0.5) is 0 Å². The topological polar surface area (TPSA) is 17.1 Å². The average Bonchev–Trinajstić information content (AvgIpc) is 2.61. The van der Waals surface area contributed by atoms with Crippen molar-refractivity contribution in [2.45, 2.75) is 31.0 Å². The van der Waals surface area contributed by atoms with E-state index < -0.39 is 0 Å². The molecule has 2 aromatic rings. The molecule has 0 saturated heterocycles. The van der Waals surface area contributed by atoms with Gasteiger partial charge in [-0.15, -0.1) is 0 Å². The number of aldehydes is 1. The van der Waals surface area contributed by atoms with E-state index >= 15 is 0 Å². The number of hydrogen-bond donors (Lipinski definition) is 0. The summed E-state index contributed by atoms with van der Waals surface area (Å²) in [4.78, 5) is 11.2. The first-order valence-corrected chi connectivity index (χ1v) is 10.3. The molecule has 1 unspecified atom stereocenters. The van der Waals surface area contributed by atoms with Crippen molar-refractivity contribution < 1.29 is 4.79 Å². The van der Waals surface area contributed by atoms with Crippen molar-refractivity contribution in [2.75, 3.05) is 0 Å². The number of allylic oxidation sites excluding steroid dienone is 1. The molecule has 2 heteroatoms. The number of carbonyl (C=O) groups is 1. The molecule has 1 nitrogen and oxygen atoms in total. The summed E-state index contributed by atoms with van der Waals surface area (Å²) < 4.78 is 1.47. The maximum absolute atomic E-state index is 11.2. The van der Waals surface area contributed by atoms with Crippen LogP contribution in [0, 0.1) is 5.92 Å². The van der Waals surface area contributed by atoms with Gasteiger partial charge in [-0.1, -0.05) is 0 Å². The molecular formula is C21H24OSe. The second kappa shape index (κ2) is 11.0. The molecule has 23 heavy (non-hydrogen) atoms. The number of benzene rings is 2. The van der Waals surface area contributed by atoms with Crippen molar-refractivity contribution in [1.29, 1.82) is 0 Å². The molecule has 0 aliphatic heterocycles. The van der Waals surface area contributed by atoms with Gasteiger partial charge >= 0.3 is 146 Å². The van der Waals surface area contributed by atoms with Gasteiger partial charge < -0.3 is 0 Å². The molecule has 0 aliphatic rings. The fourth-order valence-corrected chi connectivity index (χ4v) is 4.36. The minimum atomic E-state index is 0.166. The van der Waals surface area contributed by atoms with Crippen molar-refractivity contribution in [3.05, 3.63) is 72.3 Å². The third-order valence-electron chi connectivity index (χ3n) is 3.72. The number of unbranched alkanes of at least 4 members (excludes halogenated alkanes) is 1. The fourth-order valence-electron chi connectivity index (χ4n) is 2.40. The Kier molecular flexibility index (Phi) is 8.47. The third kappa shape index (κ3) is 7.45. The summed E-state index contributed by atoms with van der Waals surface area (Å²) >= 11 is 0.575. The molecule has 120 valence electrons. The zero-order valence-corrected chi connectivity index (χ0v) is 15.1. The van der Waals surface area contributed by atoms with Crippen molar-refractivity contribution in [1.82, 2.24) is 0 Å². The number of carbonyl (C=O) groups excluding carboxylic acids is 1. The summed E-state index contributed by atoms with van der Waals surface area (Å²) in [7, 11) is 0. The molecule has 1 atom stereocenters. The van der Waals surface area contributed by atoms with E-state index in [1.165, 1.54) is 21.8 Å². The van der Waals surface area contributed by atoms with Gasteiger partial charge in [0.05, 0.1) is 0 Å². The van der Waals surface area contributed by atoms with Crippen LogP contribution in [0.1, 0.15) is 31.2 Å². The second-order valence-electron chi connectivity index (χ2n) is 5.60. The molecule has 2 rings (SSSR count). The van der Waals surface area contributed by atoms with E-state index in [4.69, 9.17) is 0 Å². The van der Waals surface area contributed by atoms with Gasteiger partial charge in [0.15, 0.2) is 0 Å². The first-order valence-electron chi connectivity index (χ1n) is 8.23. The van der Waals surface area contributed by atoms with Crippen LogP contribution in [0.25, 0.3) is 6.08 Å². The summed E-state index contributed by atoms with van der Waals surface area (Å²) in [5.41, 5.74) is 1.20. The maximum atomic E-state index is 11.2. The molecule has 0 N–H and O–H groups in total. The van der Waals surface area contributed by atoms with Gasteiger partial charge in [0, 0.05) is 0 Å². The Morgan fingerprint density at radius 2 is 1.61 bits per heavy atom. The Balaban J connectivity index is 1.61. The summed E-state index contributed by atoms with van der Waals surface area (Å²) in [6.07, 6.45) is 9.59. The monoisotopic (exact) mass is 372 g/mol. The quantitative estimate of drug-likeness (QED) is 0.341. The SMILES string of the molecule is O=CC(C/C=C/c1ccccc1)CCCC[Se]c1ccccc1. The molecule has 0 spiro atoms. The normalized spacial score (nSPS) is 12.3. The first-order chi connectivity index (χ1) is 11.4. The Labute approximate surface area is 146 Å². The van der Waals surface area contributed by atoms with E-state index in [2.05, 4.69) is 54.6 Å². The van der Waals surface area contributed by atoms with Crippen LogP contribution in [0.15, 0.2) is 66.7 Å². The van der Waals surface area contributed by atoms with Crippen molar-refractivity contribution in [3.8, 4) is 0 Å². The molecule has 0 bridgehead atoms. The predicted molar refractivity (Wildman–Crippen MR) is 100 cm³/mol. The van der Waals surface area contributed by atoms with Crippen LogP contribution in [-0.2, 0) is 4.79 Å². The molecule has 2 aromatic carbocycles. The third-order valence-corrected chi connectivity index (χ3v) is 6.03. The van der Waals surface area contributed by atoms with Crippen molar-refractivity contribution in [2.24, 2.45) is 5.92 Å². The van der Waals surface area contributed by atoms with Crippen molar-refractivity contribution in [3.63, 3.8) is 0 Å².